The molecule has 1 aromatic heterocycles. The van der Waals surface area contributed by atoms with Crippen LogP contribution in [0.3, 0.4) is 0 Å². The summed E-state index contributed by atoms with van der Waals surface area (Å²) in [5.41, 5.74) is 6.24. The van der Waals surface area contributed by atoms with E-state index in [0.717, 1.165) is 26.1 Å². The van der Waals surface area contributed by atoms with Crippen LogP contribution in [0.5, 0.6) is 11.5 Å². The van der Waals surface area contributed by atoms with Crippen LogP contribution < -0.4 is 15.2 Å². The standard InChI is InChI=1S/C12H14Br2N4O2/c1-19-11-4-10(14)12(5-9(11)13)20-3-2-18-7-8(6-15)16-17-18/h4-5,7H,2-3,6,15H2,1H3. The fourth-order valence-electron chi connectivity index (χ4n) is 1.57. The van der Waals surface area contributed by atoms with Gasteiger partial charge in [-0.05, 0) is 44.0 Å². The van der Waals surface area contributed by atoms with Crippen LogP contribution in [0.2, 0.25) is 0 Å². The molecule has 6 nitrogen and oxygen atoms in total. The largest absolute Gasteiger partial charge is 0.496 e. The first kappa shape index (κ1) is 15.3. The lowest BCUT2D eigenvalue weighted by Gasteiger charge is -2.11. The Kier molecular flexibility index (Phi) is 5.38. The Bertz CT molecular complexity index is 589. The number of hydrogen-bond donors (Lipinski definition) is 1. The molecule has 1 aromatic carbocycles. The Morgan fingerprint density at radius 1 is 1.25 bits per heavy atom. The van der Waals surface area contributed by atoms with Crippen molar-refractivity contribution in [2.24, 2.45) is 5.73 Å². The molecule has 2 rings (SSSR count). The lowest BCUT2D eigenvalue weighted by molar-refractivity contribution is 0.287. The number of nitrogens with zero attached hydrogens (tertiary/aromatic N) is 3. The maximum atomic E-state index is 5.71. The Hall–Kier alpha value is -1.12. The van der Waals surface area contributed by atoms with Crippen LogP contribution in [-0.4, -0.2) is 28.7 Å². The number of nitrogens with two attached hydrogens (primary N) is 1. The Labute approximate surface area is 133 Å². The average molecular weight is 406 g/mol. The fraction of sp³-hybridized carbons (Fsp3) is 0.333. The van der Waals surface area contributed by atoms with Gasteiger partial charge in [0.05, 0.1) is 28.3 Å². The highest BCUT2D eigenvalue weighted by Crippen LogP contribution is 2.35. The monoisotopic (exact) mass is 404 g/mol. The summed E-state index contributed by atoms with van der Waals surface area (Å²) < 4.78 is 14.3. The summed E-state index contributed by atoms with van der Waals surface area (Å²) in [5.74, 6) is 1.48. The van der Waals surface area contributed by atoms with Crippen molar-refractivity contribution in [1.29, 1.82) is 0 Å². The number of benzene rings is 1. The predicted molar refractivity (Wildman–Crippen MR) is 81.8 cm³/mol. The van der Waals surface area contributed by atoms with Gasteiger partial charge in [0.1, 0.15) is 18.1 Å². The predicted octanol–water partition coefficient (Wildman–Crippen LogP) is 2.35. The first-order chi connectivity index (χ1) is 9.63. The van der Waals surface area contributed by atoms with E-state index < -0.39 is 0 Å². The summed E-state index contributed by atoms with van der Waals surface area (Å²) in [6, 6.07) is 3.71. The van der Waals surface area contributed by atoms with E-state index in [2.05, 4.69) is 42.2 Å². The van der Waals surface area contributed by atoms with E-state index in [-0.39, 0.29) is 0 Å². The summed E-state index contributed by atoms with van der Waals surface area (Å²) in [6.07, 6.45) is 1.81. The van der Waals surface area contributed by atoms with Gasteiger partial charge in [0.2, 0.25) is 0 Å². The van der Waals surface area contributed by atoms with Crippen molar-refractivity contribution in [3.05, 3.63) is 33.0 Å². The van der Waals surface area contributed by atoms with Gasteiger partial charge in [0, 0.05) is 12.7 Å². The molecule has 0 amide bonds. The fourth-order valence-corrected chi connectivity index (χ4v) is 2.49. The molecule has 2 aromatic rings. The van der Waals surface area contributed by atoms with Gasteiger partial charge in [-0.2, -0.15) is 0 Å². The number of methoxy groups -OCH3 is 1. The van der Waals surface area contributed by atoms with Crippen LogP contribution in [-0.2, 0) is 13.1 Å². The highest BCUT2D eigenvalue weighted by molar-refractivity contribution is 9.11. The number of ether oxygens (including phenoxy) is 2. The Morgan fingerprint density at radius 2 is 1.95 bits per heavy atom. The zero-order chi connectivity index (χ0) is 14.5. The molecule has 0 aliphatic rings. The molecule has 2 N–H and O–H groups in total. The molecular formula is C12H14Br2N4O2. The third-order valence-corrected chi connectivity index (χ3v) is 3.82. The van der Waals surface area contributed by atoms with E-state index in [1.807, 2.05) is 18.3 Å². The van der Waals surface area contributed by atoms with Gasteiger partial charge >= 0.3 is 0 Å². The van der Waals surface area contributed by atoms with Crippen molar-refractivity contribution in [1.82, 2.24) is 15.0 Å². The minimum absolute atomic E-state index is 0.387. The van der Waals surface area contributed by atoms with Crippen LogP contribution in [0.15, 0.2) is 27.3 Å². The lowest BCUT2D eigenvalue weighted by atomic mass is 10.3. The van der Waals surface area contributed by atoms with Crippen LogP contribution in [0.25, 0.3) is 0 Å². The minimum atomic E-state index is 0.387. The number of hydrogen-bond acceptors (Lipinski definition) is 5. The van der Waals surface area contributed by atoms with Gasteiger partial charge < -0.3 is 15.2 Å². The molecule has 0 radical (unpaired) electrons. The first-order valence-corrected chi connectivity index (χ1v) is 7.47. The van der Waals surface area contributed by atoms with Crippen molar-refractivity contribution in [2.45, 2.75) is 13.1 Å². The third-order valence-electron chi connectivity index (χ3n) is 2.58. The molecule has 0 spiro atoms. The molecular weight excluding hydrogens is 392 g/mol. The van der Waals surface area contributed by atoms with Gasteiger partial charge in [-0.1, -0.05) is 5.21 Å². The van der Waals surface area contributed by atoms with E-state index in [0.29, 0.717) is 19.7 Å². The molecule has 0 atom stereocenters. The topological polar surface area (TPSA) is 75.2 Å². The van der Waals surface area contributed by atoms with Crippen molar-refractivity contribution in [3.63, 3.8) is 0 Å². The van der Waals surface area contributed by atoms with Crippen molar-refractivity contribution >= 4 is 31.9 Å². The molecule has 0 bridgehead atoms. The summed E-state index contributed by atoms with van der Waals surface area (Å²) in [5, 5.41) is 7.87. The number of aromatic nitrogens is 3. The number of rotatable bonds is 6. The highest BCUT2D eigenvalue weighted by Gasteiger charge is 2.08. The molecule has 0 aliphatic heterocycles. The quantitative estimate of drug-likeness (QED) is 0.798. The molecule has 0 saturated carbocycles. The van der Waals surface area contributed by atoms with Crippen LogP contribution in [0, 0.1) is 0 Å². The van der Waals surface area contributed by atoms with E-state index >= 15 is 0 Å². The normalized spacial score (nSPS) is 10.6. The maximum Gasteiger partial charge on any atom is 0.134 e. The molecule has 20 heavy (non-hydrogen) atoms. The third kappa shape index (κ3) is 3.71. The molecule has 0 saturated heterocycles. The van der Waals surface area contributed by atoms with E-state index in [1.165, 1.54) is 0 Å². The molecule has 8 heteroatoms. The van der Waals surface area contributed by atoms with Crippen molar-refractivity contribution in [2.75, 3.05) is 13.7 Å². The van der Waals surface area contributed by atoms with Gasteiger partial charge in [0.25, 0.3) is 0 Å². The van der Waals surface area contributed by atoms with Gasteiger partial charge in [-0.3, -0.25) is 0 Å². The Balaban J connectivity index is 1.95. The SMILES string of the molecule is COc1cc(Br)c(OCCn2cc(CN)nn2)cc1Br. The molecule has 0 unspecified atom stereocenters. The second-order valence-electron chi connectivity index (χ2n) is 3.94. The second kappa shape index (κ2) is 7.05. The van der Waals surface area contributed by atoms with Gasteiger partial charge in [0.15, 0.2) is 0 Å². The summed E-state index contributed by atoms with van der Waals surface area (Å²) in [7, 11) is 1.62. The smallest absolute Gasteiger partial charge is 0.134 e. The van der Waals surface area contributed by atoms with Gasteiger partial charge in [-0.15, -0.1) is 5.10 Å². The summed E-state index contributed by atoms with van der Waals surface area (Å²) >= 11 is 6.87. The highest BCUT2D eigenvalue weighted by atomic mass is 79.9. The van der Waals surface area contributed by atoms with Crippen molar-refractivity contribution < 1.29 is 9.47 Å². The summed E-state index contributed by atoms with van der Waals surface area (Å²) in [4.78, 5) is 0. The van der Waals surface area contributed by atoms with Crippen LogP contribution >= 0.6 is 31.9 Å². The maximum absolute atomic E-state index is 5.71. The van der Waals surface area contributed by atoms with E-state index in [4.69, 9.17) is 15.2 Å². The van der Waals surface area contributed by atoms with E-state index in [1.54, 1.807) is 11.8 Å². The number of halogens is 2. The van der Waals surface area contributed by atoms with Crippen LogP contribution in [0.4, 0.5) is 0 Å². The molecule has 0 fully saturated rings. The van der Waals surface area contributed by atoms with Crippen LogP contribution in [0.1, 0.15) is 5.69 Å². The lowest BCUT2D eigenvalue weighted by Crippen LogP contribution is -2.09. The second-order valence-corrected chi connectivity index (χ2v) is 5.65. The van der Waals surface area contributed by atoms with Crippen molar-refractivity contribution in [3.8, 4) is 11.5 Å². The first-order valence-electron chi connectivity index (χ1n) is 5.89. The van der Waals surface area contributed by atoms with Gasteiger partial charge in [-0.25, -0.2) is 4.68 Å². The Morgan fingerprint density at radius 3 is 2.60 bits per heavy atom. The zero-order valence-corrected chi connectivity index (χ0v) is 14.0. The average Bonchev–Trinajstić information content (AvgIpc) is 2.90. The molecule has 108 valence electrons. The zero-order valence-electron chi connectivity index (χ0n) is 10.8. The summed E-state index contributed by atoms with van der Waals surface area (Å²) in [6.45, 7) is 1.46. The van der Waals surface area contributed by atoms with E-state index in [9.17, 15) is 0 Å². The minimum Gasteiger partial charge on any atom is -0.496 e. The molecule has 1 heterocycles. The molecule has 0 aliphatic carbocycles.